The molecule has 0 bridgehead atoms. The van der Waals surface area contributed by atoms with Crippen LogP contribution in [-0.2, 0) is 13.0 Å². The molecule has 0 saturated heterocycles. The van der Waals surface area contributed by atoms with Gasteiger partial charge in [-0.25, -0.2) is 9.67 Å². The van der Waals surface area contributed by atoms with Crippen LogP contribution < -0.4 is 0 Å². The zero-order valence-corrected chi connectivity index (χ0v) is 13.7. The number of aryl methyl sites for hydroxylation is 3. The first-order valence-electron chi connectivity index (χ1n) is 7.64. The Hall–Kier alpha value is -1.03. The lowest BCUT2D eigenvalue weighted by Gasteiger charge is -2.17. The van der Waals surface area contributed by atoms with Gasteiger partial charge in [-0.05, 0) is 27.2 Å². The number of fused-ring (bicyclic) bond motifs is 1. The van der Waals surface area contributed by atoms with Crippen molar-refractivity contribution in [2.45, 2.75) is 66.0 Å². The summed E-state index contributed by atoms with van der Waals surface area (Å²) < 4.78 is 4.43. The van der Waals surface area contributed by atoms with E-state index in [9.17, 15) is 0 Å². The number of rotatable bonds is 7. The van der Waals surface area contributed by atoms with Gasteiger partial charge in [-0.15, -0.1) is 11.6 Å². The number of imidazole rings is 1. The average Bonchev–Trinajstić information content (AvgIpc) is 2.94. The minimum absolute atomic E-state index is 0.444. The van der Waals surface area contributed by atoms with Gasteiger partial charge >= 0.3 is 0 Å². The second-order valence-corrected chi connectivity index (χ2v) is 5.78. The molecule has 0 aliphatic rings. The highest BCUT2D eigenvalue weighted by atomic mass is 35.5. The Balaban J connectivity index is 2.54. The fourth-order valence-electron chi connectivity index (χ4n) is 2.81. The van der Waals surface area contributed by atoms with Gasteiger partial charge in [0.05, 0.1) is 5.69 Å². The Bertz CT molecular complexity index is 570. The van der Waals surface area contributed by atoms with E-state index in [4.69, 9.17) is 16.6 Å². The molecule has 0 aliphatic carbocycles. The SMILES string of the molecule is CCCCC(C)n1c(CCCl)nc2c(C)nn(CC)c21. The number of hydrogen-bond acceptors (Lipinski definition) is 2. The minimum atomic E-state index is 0.444. The fraction of sp³-hybridized carbons (Fsp3) is 0.733. The molecule has 2 heterocycles. The van der Waals surface area contributed by atoms with E-state index in [2.05, 4.69) is 35.1 Å². The van der Waals surface area contributed by atoms with E-state index in [0.717, 1.165) is 35.6 Å². The maximum atomic E-state index is 5.95. The van der Waals surface area contributed by atoms with Crippen molar-refractivity contribution in [3.63, 3.8) is 0 Å². The molecule has 2 rings (SSSR count). The van der Waals surface area contributed by atoms with E-state index in [1.54, 1.807) is 0 Å². The molecule has 0 spiro atoms. The van der Waals surface area contributed by atoms with Gasteiger partial charge in [-0.1, -0.05) is 19.8 Å². The van der Waals surface area contributed by atoms with Gasteiger partial charge < -0.3 is 4.57 Å². The van der Waals surface area contributed by atoms with E-state index >= 15 is 0 Å². The molecule has 5 heteroatoms. The van der Waals surface area contributed by atoms with Crippen LogP contribution in [0.5, 0.6) is 0 Å². The molecule has 0 N–H and O–H groups in total. The summed E-state index contributed by atoms with van der Waals surface area (Å²) in [5, 5.41) is 4.59. The third kappa shape index (κ3) is 2.71. The summed E-state index contributed by atoms with van der Waals surface area (Å²) in [6.07, 6.45) is 4.44. The first-order chi connectivity index (χ1) is 9.63. The maximum absolute atomic E-state index is 5.95. The summed E-state index contributed by atoms with van der Waals surface area (Å²) >= 11 is 5.95. The Morgan fingerprint density at radius 2 is 2.05 bits per heavy atom. The summed E-state index contributed by atoms with van der Waals surface area (Å²) in [7, 11) is 0. The largest absolute Gasteiger partial charge is 0.310 e. The highest BCUT2D eigenvalue weighted by molar-refractivity contribution is 6.17. The molecule has 2 aromatic heterocycles. The van der Waals surface area contributed by atoms with E-state index in [-0.39, 0.29) is 0 Å². The van der Waals surface area contributed by atoms with Gasteiger partial charge in [0.25, 0.3) is 0 Å². The molecule has 2 aromatic rings. The number of hydrogen-bond donors (Lipinski definition) is 0. The van der Waals surface area contributed by atoms with Gasteiger partial charge in [0, 0.05) is 24.9 Å². The third-order valence-corrected chi connectivity index (χ3v) is 4.04. The predicted molar refractivity (Wildman–Crippen MR) is 84.6 cm³/mol. The monoisotopic (exact) mass is 296 g/mol. The molecular weight excluding hydrogens is 272 g/mol. The van der Waals surface area contributed by atoms with Crippen LogP contribution in [0.1, 0.15) is 57.6 Å². The molecule has 0 amide bonds. The summed E-state index contributed by atoms with van der Waals surface area (Å²) in [6.45, 7) is 9.54. The van der Waals surface area contributed by atoms with Crippen molar-refractivity contribution in [1.29, 1.82) is 0 Å². The first-order valence-corrected chi connectivity index (χ1v) is 8.17. The molecule has 112 valence electrons. The van der Waals surface area contributed by atoms with Crippen LogP contribution in [0.2, 0.25) is 0 Å². The summed E-state index contributed by atoms with van der Waals surface area (Å²) in [5.74, 6) is 1.71. The highest BCUT2D eigenvalue weighted by Crippen LogP contribution is 2.26. The summed E-state index contributed by atoms with van der Waals surface area (Å²) in [5.41, 5.74) is 3.21. The van der Waals surface area contributed by atoms with Crippen molar-refractivity contribution in [2.75, 3.05) is 5.88 Å². The van der Waals surface area contributed by atoms with E-state index < -0.39 is 0 Å². The predicted octanol–water partition coefficient (Wildman–Crippen LogP) is 4.09. The Kier molecular flexibility index (Phi) is 5.08. The molecule has 0 aliphatic heterocycles. The van der Waals surface area contributed by atoms with Gasteiger partial charge in [0.2, 0.25) is 0 Å². The lowest BCUT2D eigenvalue weighted by Crippen LogP contribution is -2.13. The van der Waals surface area contributed by atoms with E-state index in [1.165, 1.54) is 19.3 Å². The molecule has 0 fully saturated rings. The van der Waals surface area contributed by atoms with Crippen LogP contribution in [0, 0.1) is 6.92 Å². The number of nitrogens with zero attached hydrogens (tertiary/aromatic N) is 4. The molecule has 0 radical (unpaired) electrons. The molecular formula is C15H25ClN4. The van der Waals surface area contributed by atoms with Crippen LogP contribution >= 0.6 is 11.6 Å². The molecule has 0 aromatic carbocycles. The Labute approximate surface area is 126 Å². The quantitative estimate of drug-likeness (QED) is 0.721. The lowest BCUT2D eigenvalue weighted by atomic mass is 10.1. The molecule has 4 nitrogen and oxygen atoms in total. The van der Waals surface area contributed by atoms with Crippen LogP contribution in [0.3, 0.4) is 0 Å². The zero-order chi connectivity index (χ0) is 14.7. The number of unbranched alkanes of at least 4 members (excludes halogenated alkanes) is 1. The smallest absolute Gasteiger partial charge is 0.159 e. The molecule has 0 saturated carbocycles. The van der Waals surface area contributed by atoms with Crippen molar-refractivity contribution in [3.05, 3.63) is 11.5 Å². The van der Waals surface area contributed by atoms with Gasteiger partial charge in [0.1, 0.15) is 11.3 Å². The van der Waals surface area contributed by atoms with Gasteiger partial charge in [-0.3, -0.25) is 0 Å². The minimum Gasteiger partial charge on any atom is -0.310 e. The van der Waals surface area contributed by atoms with Crippen LogP contribution in [0.15, 0.2) is 0 Å². The summed E-state index contributed by atoms with van der Waals surface area (Å²) in [6, 6.07) is 0.444. The second-order valence-electron chi connectivity index (χ2n) is 5.40. The topological polar surface area (TPSA) is 35.6 Å². The Morgan fingerprint density at radius 1 is 1.30 bits per heavy atom. The average molecular weight is 297 g/mol. The van der Waals surface area contributed by atoms with Crippen molar-refractivity contribution in [3.8, 4) is 0 Å². The Morgan fingerprint density at radius 3 is 2.65 bits per heavy atom. The van der Waals surface area contributed by atoms with E-state index in [0.29, 0.717) is 11.9 Å². The van der Waals surface area contributed by atoms with Crippen LogP contribution in [0.4, 0.5) is 0 Å². The highest BCUT2D eigenvalue weighted by Gasteiger charge is 2.20. The van der Waals surface area contributed by atoms with Crippen molar-refractivity contribution >= 4 is 22.8 Å². The number of aromatic nitrogens is 4. The molecule has 20 heavy (non-hydrogen) atoms. The van der Waals surface area contributed by atoms with Crippen molar-refractivity contribution < 1.29 is 0 Å². The summed E-state index contributed by atoms with van der Waals surface area (Å²) in [4.78, 5) is 4.79. The molecule has 1 unspecified atom stereocenters. The van der Waals surface area contributed by atoms with Crippen molar-refractivity contribution in [2.24, 2.45) is 0 Å². The first kappa shape index (κ1) is 15.4. The zero-order valence-electron chi connectivity index (χ0n) is 13.0. The van der Waals surface area contributed by atoms with Gasteiger partial charge in [0.15, 0.2) is 5.65 Å². The lowest BCUT2D eigenvalue weighted by molar-refractivity contribution is 0.470. The number of halogens is 1. The normalized spacial score (nSPS) is 13.2. The van der Waals surface area contributed by atoms with Crippen LogP contribution in [-0.4, -0.2) is 25.2 Å². The maximum Gasteiger partial charge on any atom is 0.159 e. The van der Waals surface area contributed by atoms with Gasteiger partial charge in [-0.2, -0.15) is 5.10 Å². The molecule has 1 atom stereocenters. The third-order valence-electron chi connectivity index (χ3n) is 3.85. The second kappa shape index (κ2) is 6.61. The van der Waals surface area contributed by atoms with Crippen molar-refractivity contribution in [1.82, 2.24) is 19.3 Å². The standard InChI is InChI=1S/C15H25ClN4/c1-5-7-8-11(3)20-13(9-10-16)17-14-12(4)18-19(6-2)15(14)20/h11H,5-10H2,1-4H3. The van der Waals surface area contributed by atoms with Crippen LogP contribution in [0.25, 0.3) is 11.2 Å². The fourth-order valence-corrected chi connectivity index (χ4v) is 2.98. The number of alkyl halides is 1. The van der Waals surface area contributed by atoms with E-state index in [1.807, 2.05) is 6.92 Å².